The number of hydrogen-bond acceptors (Lipinski definition) is 4. The molecule has 0 aromatic carbocycles. The fraction of sp³-hybridized carbons (Fsp3) is 0.400. The van der Waals surface area contributed by atoms with Crippen molar-refractivity contribution in [2.75, 3.05) is 0 Å². The SMILES string of the molecule is O=c1c(C(F)(F)F)cc(C2CC2)nn1CC(O)c1ccc(F)cn1. The molecular weight excluding hydrogens is 330 g/mol. The highest BCUT2D eigenvalue weighted by atomic mass is 19.4. The van der Waals surface area contributed by atoms with E-state index in [4.69, 9.17) is 0 Å². The van der Waals surface area contributed by atoms with E-state index in [1.807, 2.05) is 0 Å². The summed E-state index contributed by atoms with van der Waals surface area (Å²) in [5, 5.41) is 14.0. The first kappa shape index (κ1) is 16.6. The van der Waals surface area contributed by atoms with Crippen LogP contribution in [-0.2, 0) is 12.7 Å². The first-order valence-corrected chi connectivity index (χ1v) is 7.24. The van der Waals surface area contributed by atoms with E-state index in [1.54, 1.807) is 0 Å². The van der Waals surface area contributed by atoms with E-state index < -0.39 is 35.8 Å². The number of alkyl halides is 3. The largest absolute Gasteiger partial charge is 0.421 e. The van der Waals surface area contributed by atoms with Crippen molar-refractivity contribution >= 4 is 0 Å². The lowest BCUT2D eigenvalue weighted by molar-refractivity contribution is -0.139. The minimum absolute atomic E-state index is 0.0375. The second-order valence-electron chi connectivity index (χ2n) is 5.66. The number of aromatic nitrogens is 3. The quantitative estimate of drug-likeness (QED) is 0.866. The lowest BCUT2D eigenvalue weighted by Crippen LogP contribution is -2.33. The third-order valence-corrected chi connectivity index (χ3v) is 3.73. The molecule has 2 aromatic rings. The molecule has 5 nitrogen and oxygen atoms in total. The number of nitrogens with zero attached hydrogens (tertiary/aromatic N) is 3. The maximum absolute atomic E-state index is 13.0. The zero-order chi connectivity index (χ0) is 17.5. The second-order valence-corrected chi connectivity index (χ2v) is 5.66. The predicted molar refractivity (Wildman–Crippen MR) is 74.6 cm³/mol. The third kappa shape index (κ3) is 3.45. The van der Waals surface area contributed by atoms with Gasteiger partial charge in [-0.05, 0) is 31.0 Å². The molecule has 0 saturated heterocycles. The van der Waals surface area contributed by atoms with Crippen LogP contribution in [0.1, 0.15) is 41.8 Å². The van der Waals surface area contributed by atoms with E-state index in [0.29, 0.717) is 17.5 Å². The van der Waals surface area contributed by atoms with Gasteiger partial charge in [-0.3, -0.25) is 9.78 Å². The maximum Gasteiger partial charge on any atom is 0.421 e. The fourth-order valence-electron chi connectivity index (χ4n) is 2.31. The molecular formula is C15H13F4N3O2. The molecule has 1 aliphatic rings. The van der Waals surface area contributed by atoms with Crippen LogP contribution >= 0.6 is 0 Å². The van der Waals surface area contributed by atoms with E-state index >= 15 is 0 Å². The number of hydrogen-bond donors (Lipinski definition) is 1. The zero-order valence-electron chi connectivity index (χ0n) is 12.3. The Balaban J connectivity index is 1.96. The van der Waals surface area contributed by atoms with E-state index in [9.17, 15) is 27.5 Å². The van der Waals surface area contributed by atoms with Crippen molar-refractivity contribution in [3.8, 4) is 0 Å². The van der Waals surface area contributed by atoms with E-state index in [2.05, 4.69) is 10.1 Å². The summed E-state index contributed by atoms with van der Waals surface area (Å²) in [6.45, 7) is -0.499. The van der Waals surface area contributed by atoms with Gasteiger partial charge in [0.15, 0.2) is 0 Å². The van der Waals surface area contributed by atoms with E-state index in [0.717, 1.165) is 18.3 Å². The lowest BCUT2D eigenvalue weighted by atomic mass is 10.2. The molecule has 1 unspecified atom stereocenters. The molecule has 3 rings (SSSR count). The molecule has 0 radical (unpaired) electrons. The lowest BCUT2D eigenvalue weighted by Gasteiger charge is -2.15. The van der Waals surface area contributed by atoms with Crippen molar-refractivity contribution in [1.82, 2.24) is 14.8 Å². The van der Waals surface area contributed by atoms with Gasteiger partial charge in [0.2, 0.25) is 0 Å². The summed E-state index contributed by atoms with van der Waals surface area (Å²) in [5.41, 5.74) is -2.41. The monoisotopic (exact) mass is 343 g/mol. The summed E-state index contributed by atoms with van der Waals surface area (Å²) in [6, 6.07) is 3.03. The molecule has 1 saturated carbocycles. The van der Waals surface area contributed by atoms with Gasteiger partial charge < -0.3 is 5.11 Å². The summed E-state index contributed by atoms with van der Waals surface area (Å²) < 4.78 is 52.6. The van der Waals surface area contributed by atoms with Crippen molar-refractivity contribution in [3.63, 3.8) is 0 Å². The summed E-state index contributed by atoms with van der Waals surface area (Å²) in [6.07, 6.45) is -3.89. The molecule has 0 bridgehead atoms. The van der Waals surface area contributed by atoms with Crippen molar-refractivity contribution in [2.24, 2.45) is 0 Å². The highest BCUT2D eigenvalue weighted by molar-refractivity contribution is 5.22. The number of aliphatic hydroxyl groups is 1. The molecule has 9 heteroatoms. The standard InChI is InChI=1S/C15H13F4N3O2/c16-9-3-4-11(20-6-9)13(23)7-22-14(24)10(15(17,18)19)5-12(21-22)8-1-2-8/h3-6,8,13,23H,1-2,7H2. The molecule has 24 heavy (non-hydrogen) atoms. The van der Waals surface area contributed by atoms with Gasteiger partial charge in [-0.2, -0.15) is 18.3 Å². The van der Waals surface area contributed by atoms with Gasteiger partial charge in [-0.15, -0.1) is 0 Å². The van der Waals surface area contributed by atoms with Gasteiger partial charge >= 0.3 is 6.18 Å². The first-order chi connectivity index (χ1) is 11.3. The highest BCUT2D eigenvalue weighted by Gasteiger charge is 2.37. The van der Waals surface area contributed by atoms with Crippen molar-refractivity contribution in [1.29, 1.82) is 0 Å². The molecule has 0 amide bonds. The zero-order valence-corrected chi connectivity index (χ0v) is 12.3. The average Bonchev–Trinajstić information content (AvgIpc) is 3.33. The predicted octanol–water partition coefficient (Wildman–Crippen LogP) is 2.41. The van der Waals surface area contributed by atoms with Crippen LogP contribution in [0.2, 0.25) is 0 Å². The smallest absolute Gasteiger partial charge is 0.385 e. The summed E-state index contributed by atoms with van der Waals surface area (Å²) in [7, 11) is 0. The molecule has 0 aliphatic heterocycles. The summed E-state index contributed by atoms with van der Waals surface area (Å²) in [4.78, 5) is 15.7. The van der Waals surface area contributed by atoms with Crippen LogP contribution in [0, 0.1) is 5.82 Å². The Morgan fingerprint density at radius 3 is 2.58 bits per heavy atom. The van der Waals surface area contributed by atoms with Crippen LogP contribution in [0.25, 0.3) is 0 Å². The molecule has 0 spiro atoms. The Labute approximate surface area is 133 Å². The second kappa shape index (κ2) is 5.97. The average molecular weight is 343 g/mol. The summed E-state index contributed by atoms with van der Waals surface area (Å²) >= 11 is 0. The van der Waals surface area contributed by atoms with Gasteiger partial charge in [0, 0.05) is 5.92 Å². The number of rotatable bonds is 4. The molecule has 128 valence electrons. The minimum atomic E-state index is -4.80. The van der Waals surface area contributed by atoms with Crippen LogP contribution in [0.15, 0.2) is 29.2 Å². The normalized spacial score (nSPS) is 16.2. The molecule has 1 N–H and O–H groups in total. The highest BCUT2D eigenvalue weighted by Crippen LogP contribution is 2.40. The Morgan fingerprint density at radius 1 is 1.33 bits per heavy atom. The first-order valence-electron chi connectivity index (χ1n) is 7.24. The van der Waals surface area contributed by atoms with Gasteiger partial charge in [0.25, 0.3) is 5.56 Å². The van der Waals surface area contributed by atoms with Crippen molar-refractivity contribution < 1.29 is 22.7 Å². The third-order valence-electron chi connectivity index (χ3n) is 3.73. The minimum Gasteiger partial charge on any atom is -0.385 e. The Bertz CT molecular complexity index is 798. The van der Waals surface area contributed by atoms with Gasteiger partial charge in [-0.1, -0.05) is 0 Å². The Hall–Kier alpha value is -2.29. The number of halogens is 4. The van der Waals surface area contributed by atoms with Crippen molar-refractivity contribution in [2.45, 2.75) is 37.6 Å². The van der Waals surface area contributed by atoms with Crippen LogP contribution in [0.3, 0.4) is 0 Å². The maximum atomic E-state index is 13.0. The van der Waals surface area contributed by atoms with Crippen LogP contribution in [0.4, 0.5) is 17.6 Å². The van der Waals surface area contributed by atoms with E-state index in [1.165, 1.54) is 6.07 Å². The number of aliphatic hydroxyl groups excluding tert-OH is 1. The molecule has 1 fully saturated rings. The van der Waals surface area contributed by atoms with Gasteiger partial charge in [-0.25, -0.2) is 9.07 Å². The Kier molecular flexibility index (Phi) is 4.12. The fourth-order valence-corrected chi connectivity index (χ4v) is 2.31. The molecule has 1 atom stereocenters. The Morgan fingerprint density at radius 2 is 2.04 bits per heavy atom. The van der Waals surface area contributed by atoms with Crippen LogP contribution in [-0.4, -0.2) is 19.9 Å². The van der Waals surface area contributed by atoms with Gasteiger partial charge in [0.1, 0.15) is 17.5 Å². The topological polar surface area (TPSA) is 68.0 Å². The summed E-state index contributed by atoms with van der Waals surface area (Å²) in [5.74, 6) is -0.713. The van der Waals surface area contributed by atoms with Gasteiger partial charge in [0.05, 0.1) is 24.1 Å². The van der Waals surface area contributed by atoms with Crippen LogP contribution < -0.4 is 5.56 Å². The van der Waals surface area contributed by atoms with E-state index in [-0.39, 0.29) is 17.3 Å². The molecule has 1 aliphatic carbocycles. The number of pyridine rings is 1. The van der Waals surface area contributed by atoms with Crippen LogP contribution in [0.5, 0.6) is 0 Å². The molecule has 2 aromatic heterocycles. The van der Waals surface area contributed by atoms with Crippen molar-refractivity contribution in [3.05, 3.63) is 57.5 Å². The molecule has 2 heterocycles.